The van der Waals surface area contributed by atoms with E-state index in [1.54, 1.807) is 12.1 Å². The third-order valence-electron chi connectivity index (χ3n) is 7.55. The smallest absolute Gasteiger partial charge is 0.322 e. The van der Waals surface area contributed by atoms with E-state index in [2.05, 4.69) is 44.0 Å². The summed E-state index contributed by atoms with van der Waals surface area (Å²) in [5, 5.41) is 13.2. The molecule has 8 heteroatoms. The van der Waals surface area contributed by atoms with Crippen molar-refractivity contribution in [3.05, 3.63) is 52.5 Å². The number of carbonyl (C=O) groups excluding carboxylic acids is 1. The molecule has 0 bridgehead atoms. The molecule has 2 aliphatic heterocycles. The van der Waals surface area contributed by atoms with Crippen molar-refractivity contribution in [2.75, 3.05) is 29.9 Å². The number of amides is 2. The molecule has 36 heavy (non-hydrogen) atoms. The van der Waals surface area contributed by atoms with E-state index in [4.69, 9.17) is 9.72 Å². The molecule has 1 saturated carbocycles. The van der Waals surface area contributed by atoms with E-state index in [1.165, 1.54) is 12.1 Å². The van der Waals surface area contributed by atoms with Gasteiger partial charge in [-0.15, -0.1) is 0 Å². The number of urea groups is 1. The summed E-state index contributed by atoms with van der Waals surface area (Å²) < 4.78 is 19.4. The van der Waals surface area contributed by atoms with Gasteiger partial charge < -0.3 is 19.9 Å². The second kappa shape index (κ2) is 9.36. The number of nitriles is 1. The summed E-state index contributed by atoms with van der Waals surface area (Å²) in [5.74, 6) is 1.05. The van der Waals surface area contributed by atoms with Gasteiger partial charge in [-0.05, 0) is 62.4 Å². The first-order valence-corrected chi connectivity index (χ1v) is 12.8. The maximum Gasteiger partial charge on any atom is 0.322 e. The van der Waals surface area contributed by atoms with Crippen molar-refractivity contribution in [3.8, 4) is 6.07 Å². The molecule has 0 radical (unpaired) electrons. The number of pyridine rings is 1. The number of nitrogens with one attached hydrogen (secondary N) is 1. The Kier molecular flexibility index (Phi) is 6.37. The molecule has 1 aliphatic carbocycles. The van der Waals surface area contributed by atoms with Crippen LogP contribution in [0.25, 0.3) is 0 Å². The van der Waals surface area contributed by atoms with Gasteiger partial charge in [-0.1, -0.05) is 13.8 Å². The molecule has 1 saturated heterocycles. The fourth-order valence-electron chi connectivity index (χ4n) is 5.37. The number of anilines is 2. The lowest BCUT2D eigenvalue weighted by molar-refractivity contribution is -0.0407. The van der Waals surface area contributed by atoms with E-state index < -0.39 is 0 Å². The minimum absolute atomic E-state index is 0.0623. The first-order valence-electron chi connectivity index (χ1n) is 12.8. The van der Waals surface area contributed by atoms with Gasteiger partial charge in [-0.3, -0.25) is 0 Å². The Hall–Kier alpha value is -3.18. The first-order chi connectivity index (χ1) is 17.2. The van der Waals surface area contributed by atoms with E-state index in [-0.39, 0.29) is 29.4 Å². The zero-order valence-electron chi connectivity index (χ0n) is 21.5. The highest BCUT2D eigenvalue weighted by Crippen LogP contribution is 2.46. The molecule has 5 rings (SSSR count). The van der Waals surface area contributed by atoms with Gasteiger partial charge in [0, 0.05) is 43.2 Å². The SMILES string of the molecule is CC(C)C1CN(c2nc(C3CC3)c3c(c2C#N)CC(C)(C)OC3)CCN1C(=O)Nc1ccc(F)cc1. The Bertz CT molecular complexity index is 1200. The van der Waals surface area contributed by atoms with Gasteiger partial charge in [0.1, 0.15) is 17.7 Å². The first kappa shape index (κ1) is 24.5. The number of carbonyl (C=O) groups is 1. The molecule has 1 N–H and O–H groups in total. The lowest BCUT2D eigenvalue weighted by atomic mass is 9.87. The topological polar surface area (TPSA) is 81.5 Å². The fraction of sp³-hybridized carbons (Fsp3) is 0.536. The Morgan fingerprint density at radius 2 is 1.94 bits per heavy atom. The minimum Gasteiger partial charge on any atom is -0.370 e. The fourth-order valence-corrected chi connectivity index (χ4v) is 5.37. The zero-order chi connectivity index (χ0) is 25.6. The quantitative estimate of drug-likeness (QED) is 0.636. The lowest BCUT2D eigenvalue weighted by Crippen LogP contribution is -2.58. The summed E-state index contributed by atoms with van der Waals surface area (Å²) in [6.45, 7) is 10.5. The average Bonchev–Trinajstić information content (AvgIpc) is 3.69. The van der Waals surface area contributed by atoms with Crippen molar-refractivity contribution in [2.45, 2.75) is 71.1 Å². The van der Waals surface area contributed by atoms with Gasteiger partial charge >= 0.3 is 6.03 Å². The number of ether oxygens (including phenoxy) is 1. The monoisotopic (exact) mass is 491 g/mol. The van der Waals surface area contributed by atoms with Crippen LogP contribution in [0.1, 0.15) is 68.8 Å². The van der Waals surface area contributed by atoms with Crippen LogP contribution in [-0.4, -0.2) is 47.2 Å². The largest absolute Gasteiger partial charge is 0.370 e. The van der Waals surface area contributed by atoms with Gasteiger partial charge in [-0.2, -0.15) is 5.26 Å². The van der Waals surface area contributed by atoms with E-state index in [9.17, 15) is 14.4 Å². The highest BCUT2D eigenvalue weighted by molar-refractivity contribution is 5.89. The van der Waals surface area contributed by atoms with Crippen molar-refractivity contribution >= 4 is 17.5 Å². The third kappa shape index (κ3) is 4.77. The Labute approximate surface area is 212 Å². The molecule has 1 aromatic carbocycles. The molecule has 2 aromatic rings. The van der Waals surface area contributed by atoms with Crippen LogP contribution in [0.3, 0.4) is 0 Å². The van der Waals surface area contributed by atoms with Crippen LogP contribution in [0, 0.1) is 23.1 Å². The van der Waals surface area contributed by atoms with Crippen molar-refractivity contribution in [3.63, 3.8) is 0 Å². The van der Waals surface area contributed by atoms with Crippen LogP contribution < -0.4 is 10.2 Å². The number of halogens is 1. The molecule has 7 nitrogen and oxygen atoms in total. The van der Waals surface area contributed by atoms with E-state index in [1.807, 2.05) is 4.90 Å². The Balaban J connectivity index is 1.44. The number of hydrogen-bond donors (Lipinski definition) is 1. The molecule has 1 unspecified atom stereocenters. The minimum atomic E-state index is -0.340. The summed E-state index contributed by atoms with van der Waals surface area (Å²) in [7, 11) is 0. The number of rotatable bonds is 4. The van der Waals surface area contributed by atoms with Gasteiger partial charge in [0.05, 0.1) is 29.5 Å². The molecular formula is C28H34FN5O2. The molecule has 0 spiro atoms. The van der Waals surface area contributed by atoms with Crippen LogP contribution in [0.15, 0.2) is 24.3 Å². The standard InChI is InChI=1S/C28H34FN5O2/c1-17(2)24-15-33(11-12-34(24)27(35)31-20-9-7-19(29)8-10-20)26-22(14-30)21-13-28(3,4)36-16-23(21)25(32-26)18-5-6-18/h7-10,17-18,24H,5-6,11-13,15-16H2,1-4H3,(H,31,35). The molecule has 2 amide bonds. The van der Waals surface area contributed by atoms with Gasteiger partial charge in [0.2, 0.25) is 0 Å². The predicted octanol–water partition coefficient (Wildman–Crippen LogP) is 5.20. The number of piperazine rings is 1. The number of hydrogen-bond acceptors (Lipinski definition) is 5. The van der Waals surface area contributed by atoms with Gasteiger partial charge in [0.15, 0.2) is 0 Å². The van der Waals surface area contributed by atoms with Crippen molar-refractivity contribution < 1.29 is 13.9 Å². The average molecular weight is 492 g/mol. The third-order valence-corrected chi connectivity index (χ3v) is 7.55. The number of nitrogens with zero attached hydrogens (tertiary/aromatic N) is 4. The number of fused-ring (bicyclic) bond motifs is 1. The summed E-state index contributed by atoms with van der Waals surface area (Å²) in [4.78, 5) is 22.3. The number of aromatic nitrogens is 1. The van der Waals surface area contributed by atoms with Crippen molar-refractivity contribution in [1.82, 2.24) is 9.88 Å². The zero-order valence-corrected chi connectivity index (χ0v) is 21.5. The Morgan fingerprint density at radius 1 is 1.22 bits per heavy atom. The molecule has 190 valence electrons. The maximum atomic E-state index is 13.3. The van der Waals surface area contributed by atoms with Crippen LogP contribution in [0.5, 0.6) is 0 Å². The molecule has 3 heterocycles. The van der Waals surface area contributed by atoms with E-state index >= 15 is 0 Å². The molecule has 1 atom stereocenters. The van der Waals surface area contributed by atoms with Crippen molar-refractivity contribution in [2.24, 2.45) is 5.92 Å². The highest BCUT2D eigenvalue weighted by atomic mass is 19.1. The van der Waals surface area contributed by atoms with Crippen LogP contribution in [0.4, 0.5) is 20.7 Å². The second-order valence-corrected chi connectivity index (χ2v) is 11.2. The molecule has 2 fully saturated rings. The molecular weight excluding hydrogens is 457 g/mol. The van der Waals surface area contributed by atoms with Crippen LogP contribution in [-0.2, 0) is 17.8 Å². The molecule has 1 aromatic heterocycles. The summed E-state index contributed by atoms with van der Waals surface area (Å²) in [6.07, 6.45) is 2.94. The van der Waals surface area contributed by atoms with E-state index in [0.717, 1.165) is 35.5 Å². The van der Waals surface area contributed by atoms with Gasteiger partial charge in [0.25, 0.3) is 0 Å². The second-order valence-electron chi connectivity index (χ2n) is 11.2. The van der Waals surface area contributed by atoms with Crippen LogP contribution >= 0.6 is 0 Å². The van der Waals surface area contributed by atoms with Crippen LogP contribution in [0.2, 0.25) is 0 Å². The predicted molar refractivity (Wildman–Crippen MR) is 136 cm³/mol. The summed E-state index contributed by atoms with van der Waals surface area (Å²) in [5.41, 5.74) is 4.17. The number of benzene rings is 1. The summed E-state index contributed by atoms with van der Waals surface area (Å²) >= 11 is 0. The Morgan fingerprint density at radius 3 is 2.58 bits per heavy atom. The lowest BCUT2D eigenvalue weighted by Gasteiger charge is -2.44. The summed E-state index contributed by atoms with van der Waals surface area (Å²) in [6, 6.07) is 8.02. The normalized spacial score (nSPS) is 21.2. The van der Waals surface area contributed by atoms with Gasteiger partial charge in [-0.25, -0.2) is 14.2 Å². The van der Waals surface area contributed by atoms with E-state index in [0.29, 0.717) is 49.8 Å². The highest BCUT2D eigenvalue weighted by Gasteiger charge is 2.39. The molecule has 3 aliphatic rings. The van der Waals surface area contributed by atoms with Crippen molar-refractivity contribution in [1.29, 1.82) is 5.26 Å². The maximum absolute atomic E-state index is 13.3.